The molecule has 0 saturated heterocycles. The average molecular weight is 305 g/mol. The first kappa shape index (κ1) is 16.4. The Hall–Kier alpha value is -0.630. The topological polar surface area (TPSA) is 79.7 Å². The summed E-state index contributed by atoms with van der Waals surface area (Å²) >= 11 is 2.80. The van der Waals surface area contributed by atoms with E-state index in [0.717, 1.165) is 14.9 Å². The zero-order valence-electron chi connectivity index (χ0n) is 11.3. The first-order valence-corrected chi connectivity index (χ1v) is 7.79. The van der Waals surface area contributed by atoms with Crippen LogP contribution in [0.2, 0.25) is 0 Å². The molecular weight excluding hydrogens is 286 g/mol. The third kappa shape index (κ3) is 6.38. The van der Waals surface area contributed by atoms with Crippen molar-refractivity contribution in [2.75, 3.05) is 12.4 Å². The molecule has 0 fully saturated rings. The molecule has 1 atom stereocenters. The van der Waals surface area contributed by atoms with Crippen molar-refractivity contribution in [1.82, 2.24) is 4.98 Å². The van der Waals surface area contributed by atoms with Crippen molar-refractivity contribution in [3.8, 4) is 0 Å². The Kier molecular flexibility index (Phi) is 6.78. The Balaban J connectivity index is 2.43. The molecule has 0 radical (unpaired) electrons. The lowest BCUT2D eigenvalue weighted by Gasteiger charge is -2.12. The van der Waals surface area contributed by atoms with Crippen LogP contribution < -0.4 is 0 Å². The largest absolute Gasteiger partial charge is 0.481 e. The van der Waals surface area contributed by atoms with Crippen LogP contribution in [0.4, 0.5) is 0 Å². The van der Waals surface area contributed by atoms with Crippen LogP contribution in [0.5, 0.6) is 0 Å². The molecule has 0 aromatic carbocycles. The fraction of sp³-hybridized carbons (Fsp3) is 0.667. The lowest BCUT2D eigenvalue weighted by Crippen LogP contribution is -2.20. The van der Waals surface area contributed by atoms with Gasteiger partial charge in [-0.15, -0.1) is 11.3 Å². The summed E-state index contributed by atoms with van der Waals surface area (Å²) < 4.78 is 6.10. The van der Waals surface area contributed by atoms with Gasteiger partial charge in [0.2, 0.25) is 0 Å². The van der Waals surface area contributed by atoms with Gasteiger partial charge in [0.25, 0.3) is 0 Å². The van der Waals surface area contributed by atoms with E-state index in [1.54, 1.807) is 6.92 Å². The van der Waals surface area contributed by atoms with E-state index in [1.165, 1.54) is 23.1 Å². The van der Waals surface area contributed by atoms with Gasteiger partial charge in [-0.1, -0.05) is 11.8 Å². The molecule has 108 valence electrons. The highest BCUT2D eigenvalue weighted by atomic mass is 32.2. The molecule has 7 heteroatoms. The molecule has 0 aliphatic heterocycles. The fourth-order valence-electron chi connectivity index (χ4n) is 1.28. The van der Waals surface area contributed by atoms with Gasteiger partial charge in [0.05, 0.1) is 30.9 Å². The minimum atomic E-state index is -0.853. The summed E-state index contributed by atoms with van der Waals surface area (Å²) in [7, 11) is 0. The molecule has 0 amide bonds. The Bertz CT molecular complexity index is 420. The Morgan fingerprint density at radius 2 is 2.21 bits per heavy atom. The summed E-state index contributed by atoms with van der Waals surface area (Å²) in [5.41, 5.74) is 0.753. The van der Waals surface area contributed by atoms with Crippen molar-refractivity contribution in [2.45, 2.75) is 43.7 Å². The second kappa shape index (κ2) is 7.84. The summed E-state index contributed by atoms with van der Waals surface area (Å²) in [5.74, 6) is -0.361. The van der Waals surface area contributed by atoms with Gasteiger partial charge in [-0.2, -0.15) is 0 Å². The molecule has 19 heavy (non-hydrogen) atoms. The van der Waals surface area contributed by atoms with Gasteiger partial charge in [-0.05, 0) is 20.8 Å². The zero-order chi connectivity index (χ0) is 14.4. The summed E-state index contributed by atoms with van der Waals surface area (Å²) in [6.07, 6.45) is -0.438. The fourth-order valence-corrected chi connectivity index (χ4v) is 3.44. The third-order valence-corrected chi connectivity index (χ3v) is 4.65. The maximum Gasteiger partial charge on any atom is 0.308 e. The number of carboxylic acids is 1. The van der Waals surface area contributed by atoms with Crippen molar-refractivity contribution >= 4 is 29.1 Å². The number of thiazole rings is 1. The van der Waals surface area contributed by atoms with E-state index < -0.39 is 12.1 Å². The van der Waals surface area contributed by atoms with Crippen LogP contribution in [0.15, 0.2) is 4.34 Å². The van der Waals surface area contributed by atoms with Crippen LogP contribution in [0, 0.1) is 6.92 Å². The molecule has 1 unspecified atom stereocenters. The van der Waals surface area contributed by atoms with Crippen molar-refractivity contribution < 1.29 is 19.7 Å². The third-order valence-electron chi connectivity index (χ3n) is 2.21. The van der Waals surface area contributed by atoms with Gasteiger partial charge in [-0.25, -0.2) is 4.98 Å². The molecule has 0 bridgehead atoms. The maximum absolute atomic E-state index is 10.7. The molecule has 2 N–H and O–H groups in total. The summed E-state index contributed by atoms with van der Waals surface area (Å²) in [4.78, 5) is 15.7. The van der Waals surface area contributed by atoms with E-state index >= 15 is 0 Å². The second-order valence-corrected chi connectivity index (χ2v) is 6.76. The van der Waals surface area contributed by atoms with Gasteiger partial charge in [0, 0.05) is 10.6 Å². The van der Waals surface area contributed by atoms with E-state index in [0.29, 0.717) is 12.4 Å². The predicted molar refractivity (Wildman–Crippen MR) is 76.0 cm³/mol. The number of thioether (sulfide) groups is 1. The quantitative estimate of drug-likeness (QED) is 0.715. The second-order valence-electron chi connectivity index (χ2n) is 4.41. The Morgan fingerprint density at radius 3 is 2.79 bits per heavy atom. The zero-order valence-corrected chi connectivity index (χ0v) is 12.9. The van der Waals surface area contributed by atoms with Crippen molar-refractivity contribution in [1.29, 1.82) is 0 Å². The van der Waals surface area contributed by atoms with E-state index in [1.807, 2.05) is 13.8 Å². The van der Waals surface area contributed by atoms with Gasteiger partial charge in [0.15, 0.2) is 0 Å². The van der Waals surface area contributed by atoms with Crippen LogP contribution in [-0.2, 0) is 16.0 Å². The van der Waals surface area contributed by atoms with Crippen LogP contribution >= 0.6 is 23.1 Å². The van der Waals surface area contributed by atoms with Gasteiger partial charge in [0.1, 0.15) is 4.34 Å². The standard InChI is InChI=1S/C12H19NO4S2/c1-7(2)17-5-9(14)6-18-12-13-8(3)10(19-12)4-11(15)16/h7,9,14H,4-6H2,1-3H3,(H,15,16). The molecule has 1 aromatic heterocycles. The lowest BCUT2D eigenvalue weighted by molar-refractivity contribution is -0.136. The van der Waals surface area contributed by atoms with E-state index in [4.69, 9.17) is 9.84 Å². The Morgan fingerprint density at radius 1 is 1.53 bits per heavy atom. The summed E-state index contributed by atoms with van der Waals surface area (Å²) in [6.45, 7) is 5.94. The summed E-state index contributed by atoms with van der Waals surface area (Å²) in [5, 5.41) is 18.5. The van der Waals surface area contributed by atoms with E-state index in [-0.39, 0.29) is 12.5 Å². The number of carbonyl (C=O) groups is 1. The van der Waals surface area contributed by atoms with E-state index in [9.17, 15) is 9.90 Å². The SMILES string of the molecule is Cc1nc(SCC(O)COC(C)C)sc1CC(=O)O. The Labute approximate surface area is 121 Å². The molecule has 1 aromatic rings. The van der Waals surface area contributed by atoms with Crippen LogP contribution in [0.25, 0.3) is 0 Å². The number of aromatic nitrogens is 1. The number of carboxylic acid groups (broad SMARTS) is 1. The molecule has 0 aliphatic carbocycles. The van der Waals surface area contributed by atoms with Crippen molar-refractivity contribution in [2.24, 2.45) is 0 Å². The van der Waals surface area contributed by atoms with Crippen molar-refractivity contribution in [3.63, 3.8) is 0 Å². The highest BCUT2D eigenvalue weighted by Gasteiger charge is 2.13. The minimum absolute atomic E-state index is 0.00305. The minimum Gasteiger partial charge on any atom is -0.481 e. The number of hydrogen-bond acceptors (Lipinski definition) is 6. The molecular formula is C12H19NO4S2. The predicted octanol–water partition coefficient (Wildman–Crippen LogP) is 1.96. The molecule has 1 rings (SSSR count). The number of aryl methyl sites for hydroxylation is 1. The van der Waals surface area contributed by atoms with Crippen LogP contribution in [0.3, 0.4) is 0 Å². The first-order valence-electron chi connectivity index (χ1n) is 5.99. The number of ether oxygens (including phenoxy) is 1. The molecule has 0 spiro atoms. The van der Waals surface area contributed by atoms with Gasteiger partial charge in [-0.3, -0.25) is 4.79 Å². The number of aliphatic hydroxyl groups excluding tert-OH is 1. The smallest absolute Gasteiger partial charge is 0.308 e. The van der Waals surface area contributed by atoms with Crippen LogP contribution in [-0.4, -0.2) is 45.7 Å². The van der Waals surface area contributed by atoms with E-state index in [2.05, 4.69) is 4.98 Å². The molecule has 0 saturated carbocycles. The number of aliphatic carboxylic acids is 1. The number of rotatable bonds is 8. The molecule has 0 aliphatic rings. The maximum atomic E-state index is 10.7. The monoisotopic (exact) mass is 305 g/mol. The molecule has 1 heterocycles. The number of nitrogens with zero attached hydrogens (tertiary/aromatic N) is 1. The highest BCUT2D eigenvalue weighted by molar-refractivity contribution is 8.01. The van der Waals surface area contributed by atoms with Crippen molar-refractivity contribution in [3.05, 3.63) is 10.6 Å². The number of hydrogen-bond donors (Lipinski definition) is 2. The normalized spacial score (nSPS) is 12.9. The first-order chi connectivity index (χ1) is 8.88. The van der Waals surface area contributed by atoms with Gasteiger partial charge < -0.3 is 14.9 Å². The van der Waals surface area contributed by atoms with Gasteiger partial charge >= 0.3 is 5.97 Å². The summed E-state index contributed by atoms with van der Waals surface area (Å²) in [6, 6.07) is 0. The molecule has 5 nitrogen and oxygen atoms in total. The number of aliphatic hydroxyl groups is 1. The average Bonchev–Trinajstić information content (AvgIpc) is 2.64. The van der Waals surface area contributed by atoms with Crippen LogP contribution in [0.1, 0.15) is 24.4 Å². The highest BCUT2D eigenvalue weighted by Crippen LogP contribution is 2.28. The lowest BCUT2D eigenvalue weighted by atomic mass is 10.3.